The molecule has 0 saturated carbocycles. The summed E-state index contributed by atoms with van der Waals surface area (Å²) < 4.78 is 23.0. The van der Waals surface area contributed by atoms with E-state index < -0.39 is 9.84 Å². The van der Waals surface area contributed by atoms with Crippen LogP contribution in [0.1, 0.15) is 27.7 Å². The summed E-state index contributed by atoms with van der Waals surface area (Å²) in [5.74, 6) is 0.323. The monoisotopic (exact) mass is 248 g/mol. The molecule has 0 aliphatic carbocycles. The fourth-order valence-electron chi connectivity index (χ4n) is 2.17. The second kappa shape index (κ2) is 4.27. The lowest BCUT2D eigenvalue weighted by Crippen LogP contribution is -2.52. The molecule has 4 nitrogen and oxygen atoms in total. The van der Waals surface area contributed by atoms with Crippen LogP contribution in [0.15, 0.2) is 0 Å². The number of nitrogens with zero attached hydrogens (tertiary/aromatic N) is 1. The average molecular weight is 248 g/mol. The Balaban J connectivity index is 2.80. The largest absolute Gasteiger partial charge is 0.325 e. The Morgan fingerprint density at radius 1 is 1.31 bits per heavy atom. The molecule has 1 aliphatic heterocycles. The average Bonchev–Trinajstić information content (AvgIpc) is 2.35. The van der Waals surface area contributed by atoms with Gasteiger partial charge in [0, 0.05) is 18.1 Å². The summed E-state index contributed by atoms with van der Waals surface area (Å²) in [6, 6.07) is 0.0101. The Labute approximate surface area is 99.1 Å². The van der Waals surface area contributed by atoms with Crippen LogP contribution in [0.3, 0.4) is 0 Å². The third-order valence-corrected chi connectivity index (χ3v) is 5.49. The molecular weight excluding hydrogens is 224 g/mol. The predicted molar refractivity (Wildman–Crippen MR) is 67.1 cm³/mol. The van der Waals surface area contributed by atoms with E-state index in [1.807, 2.05) is 7.05 Å². The van der Waals surface area contributed by atoms with E-state index >= 15 is 0 Å². The molecule has 1 saturated heterocycles. The van der Waals surface area contributed by atoms with Crippen molar-refractivity contribution in [2.45, 2.75) is 45.8 Å². The van der Waals surface area contributed by atoms with E-state index in [4.69, 9.17) is 5.73 Å². The summed E-state index contributed by atoms with van der Waals surface area (Å²) in [7, 11) is -0.962. The van der Waals surface area contributed by atoms with Gasteiger partial charge in [-0.05, 0) is 19.4 Å². The Kier molecular flexibility index (Phi) is 3.72. The molecular formula is C11H24N2O2S. The lowest BCUT2D eigenvalue weighted by molar-refractivity contribution is 0.100. The molecule has 96 valence electrons. The van der Waals surface area contributed by atoms with E-state index in [0.29, 0.717) is 6.04 Å². The highest BCUT2D eigenvalue weighted by Crippen LogP contribution is 2.27. The number of likely N-dealkylation sites (N-methyl/N-ethyl adjacent to an activating group) is 1. The maximum absolute atomic E-state index is 11.5. The summed E-state index contributed by atoms with van der Waals surface area (Å²) in [5, 5.41) is 0. The van der Waals surface area contributed by atoms with Crippen LogP contribution in [-0.2, 0) is 9.84 Å². The highest BCUT2D eigenvalue weighted by molar-refractivity contribution is 7.91. The topological polar surface area (TPSA) is 63.4 Å². The second-order valence-electron chi connectivity index (χ2n) is 6.02. The lowest BCUT2D eigenvalue weighted by Gasteiger charge is -2.39. The molecule has 0 bridgehead atoms. The number of sulfone groups is 1. The molecule has 0 aromatic carbocycles. The van der Waals surface area contributed by atoms with E-state index in [-0.39, 0.29) is 29.0 Å². The van der Waals surface area contributed by atoms with Gasteiger partial charge in [0.25, 0.3) is 0 Å². The third kappa shape index (κ3) is 2.96. The first-order chi connectivity index (χ1) is 7.04. The summed E-state index contributed by atoms with van der Waals surface area (Å²) in [6.45, 7) is 8.59. The molecule has 5 heteroatoms. The van der Waals surface area contributed by atoms with Gasteiger partial charge in [-0.2, -0.15) is 0 Å². The van der Waals surface area contributed by atoms with Crippen LogP contribution in [0.5, 0.6) is 0 Å². The normalized spacial score (nSPS) is 31.9. The summed E-state index contributed by atoms with van der Waals surface area (Å²) in [5.41, 5.74) is 6.04. The van der Waals surface area contributed by atoms with E-state index in [2.05, 4.69) is 32.6 Å². The lowest BCUT2D eigenvalue weighted by atomic mass is 9.86. The molecule has 1 heterocycles. The van der Waals surface area contributed by atoms with Gasteiger partial charge in [0.05, 0.1) is 11.5 Å². The van der Waals surface area contributed by atoms with Crippen molar-refractivity contribution in [3.63, 3.8) is 0 Å². The van der Waals surface area contributed by atoms with Crippen molar-refractivity contribution in [3.05, 3.63) is 0 Å². The number of rotatable bonds is 2. The van der Waals surface area contributed by atoms with Crippen molar-refractivity contribution in [2.75, 3.05) is 18.6 Å². The highest BCUT2D eigenvalue weighted by Gasteiger charge is 2.40. The van der Waals surface area contributed by atoms with E-state index in [1.165, 1.54) is 0 Å². The maximum Gasteiger partial charge on any atom is 0.153 e. The zero-order chi connectivity index (χ0) is 12.7. The van der Waals surface area contributed by atoms with Crippen molar-refractivity contribution in [1.82, 2.24) is 4.90 Å². The number of hydrogen-bond donors (Lipinski definition) is 1. The van der Waals surface area contributed by atoms with Gasteiger partial charge in [0.2, 0.25) is 0 Å². The van der Waals surface area contributed by atoms with Crippen molar-refractivity contribution >= 4 is 9.84 Å². The van der Waals surface area contributed by atoms with Crippen LogP contribution < -0.4 is 5.73 Å². The molecule has 16 heavy (non-hydrogen) atoms. The molecule has 1 rings (SSSR count). The van der Waals surface area contributed by atoms with Gasteiger partial charge in [-0.3, -0.25) is 4.90 Å². The van der Waals surface area contributed by atoms with Crippen LogP contribution >= 0.6 is 0 Å². The van der Waals surface area contributed by atoms with Crippen molar-refractivity contribution < 1.29 is 8.42 Å². The van der Waals surface area contributed by atoms with Crippen LogP contribution in [0.2, 0.25) is 0 Å². The quantitative estimate of drug-likeness (QED) is 0.772. The van der Waals surface area contributed by atoms with E-state index in [1.54, 1.807) is 0 Å². The Morgan fingerprint density at radius 3 is 2.12 bits per heavy atom. The predicted octanol–water partition coefficient (Wildman–Crippen LogP) is 0.477. The highest BCUT2D eigenvalue weighted by atomic mass is 32.2. The fourth-order valence-corrected chi connectivity index (χ4v) is 4.12. The van der Waals surface area contributed by atoms with E-state index in [9.17, 15) is 8.42 Å². The number of nitrogens with two attached hydrogens (primary N) is 1. The van der Waals surface area contributed by atoms with Crippen LogP contribution in [0.25, 0.3) is 0 Å². The van der Waals surface area contributed by atoms with Crippen molar-refractivity contribution in [3.8, 4) is 0 Å². The minimum absolute atomic E-state index is 0.0424. The first-order valence-electron chi connectivity index (χ1n) is 5.72. The van der Waals surface area contributed by atoms with Gasteiger partial charge in [0.1, 0.15) is 0 Å². The van der Waals surface area contributed by atoms with Crippen LogP contribution in [0.4, 0.5) is 0 Å². The van der Waals surface area contributed by atoms with E-state index in [0.717, 1.165) is 0 Å². The summed E-state index contributed by atoms with van der Waals surface area (Å²) in [6.07, 6.45) is 0. The summed E-state index contributed by atoms with van der Waals surface area (Å²) >= 11 is 0. The molecule has 3 atom stereocenters. The standard InChI is InChI=1S/C11H24N2O2S/c1-8(11(2,3)4)13(5)10-7-16(14,15)6-9(10)12/h8-10H,6-7,12H2,1-5H3. The molecule has 2 N–H and O–H groups in total. The molecule has 1 aliphatic rings. The first kappa shape index (κ1) is 13.9. The Bertz CT molecular complexity index is 345. The molecule has 0 radical (unpaired) electrons. The van der Waals surface area contributed by atoms with Gasteiger partial charge < -0.3 is 5.73 Å². The van der Waals surface area contributed by atoms with Gasteiger partial charge in [0.15, 0.2) is 9.84 Å². The van der Waals surface area contributed by atoms with Crippen molar-refractivity contribution in [2.24, 2.45) is 11.1 Å². The zero-order valence-electron chi connectivity index (χ0n) is 10.9. The van der Waals surface area contributed by atoms with Gasteiger partial charge >= 0.3 is 0 Å². The smallest absolute Gasteiger partial charge is 0.153 e. The molecule has 0 amide bonds. The minimum Gasteiger partial charge on any atom is -0.325 e. The van der Waals surface area contributed by atoms with Gasteiger partial charge in [-0.1, -0.05) is 20.8 Å². The molecule has 0 aromatic rings. The fraction of sp³-hybridized carbons (Fsp3) is 1.00. The molecule has 3 unspecified atom stereocenters. The maximum atomic E-state index is 11.5. The molecule has 0 aromatic heterocycles. The summed E-state index contributed by atoms with van der Waals surface area (Å²) in [4.78, 5) is 2.12. The molecule has 1 fully saturated rings. The Hall–Kier alpha value is -0.130. The second-order valence-corrected chi connectivity index (χ2v) is 8.17. The minimum atomic E-state index is -2.94. The van der Waals surface area contributed by atoms with Crippen LogP contribution in [0, 0.1) is 5.41 Å². The number of hydrogen-bond acceptors (Lipinski definition) is 4. The van der Waals surface area contributed by atoms with Gasteiger partial charge in [-0.15, -0.1) is 0 Å². The first-order valence-corrected chi connectivity index (χ1v) is 7.54. The zero-order valence-corrected chi connectivity index (χ0v) is 11.7. The van der Waals surface area contributed by atoms with Gasteiger partial charge in [-0.25, -0.2) is 8.42 Å². The SMILES string of the molecule is CC(N(C)C1CS(=O)(=O)CC1N)C(C)(C)C. The van der Waals surface area contributed by atoms with Crippen molar-refractivity contribution in [1.29, 1.82) is 0 Å². The molecule has 0 spiro atoms. The Morgan fingerprint density at radius 2 is 1.81 bits per heavy atom. The van der Waals surface area contributed by atoms with Crippen LogP contribution in [-0.4, -0.2) is 50.0 Å². The third-order valence-electron chi connectivity index (χ3n) is 3.75.